The van der Waals surface area contributed by atoms with Crippen molar-refractivity contribution in [3.8, 4) is 0 Å². The highest BCUT2D eigenvalue weighted by Gasteiger charge is 2.31. The maximum absolute atomic E-state index is 12.7. The molecule has 2 aliphatic rings. The quantitative estimate of drug-likeness (QED) is 0.740. The number of fused-ring (bicyclic) bond motifs is 1. The van der Waals surface area contributed by atoms with E-state index in [-0.39, 0.29) is 11.8 Å². The Hall–Kier alpha value is -2.07. The van der Waals surface area contributed by atoms with Crippen molar-refractivity contribution in [2.45, 2.75) is 25.3 Å². The summed E-state index contributed by atoms with van der Waals surface area (Å²) in [4.78, 5) is 12.7. The maximum Gasteiger partial charge on any atom is 0.163 e. The Kier molecular flexibility index (Phi) is 3.69. The fraction of sp³-hybridized carbons (Fsp3) is 0.211. The highest BCUT2D eigenvalue weighted by atomic mass is 79.9. The molecule has 1 heterocycles. The number of carbonyl (C=O) groups excluding carboxylic acids is 1. The van der Waals surface area contributed by atoms with Gasteiger partial charge in [-0.1, -0.05) is 40.2 Å². The fourth-order valence-electron chi connectivity index (χ4n) is 3.37. The molecule has 0 saturated heterocycles. The number of allylic oxidation sites excluding steroid dienone is 1. The number of hydrogen-bond acceptors (Lipinski definition) is 3. The van der Waals surface area contributed by atoms with Crippen molar-refractivity contribution in [2.75, 3.05) is 10.6 Å². The van der Waals surface area contributed by atoms with E-state index in [9.17, 15) is 4.79 Å². The molecule has 4 heteroatoms. The topological polar surface area (TPSA) is 41.1 Å². The first kappa shape index (κ1) is 14.5. The summed E-state index contributed by atoms with van der Waals surface area (Å²) in [5, 5.41) is 7.06. The van der Waals surface area contributed by atoms with Crippen LogP contribution in [0.15, 0.2) is 64.3 Å². The Morgan fingerprint density at radius 1 is 1.00 bits per heavy atom. The van der Waals surface area contributed by atoms with Crippen molar-refractivity contribution in [2.24, 2.45) is 0 Å². The van der Waals surface area contributed by atoms with E-state index in [4.69, 9.17) is 0 Å². The second-order valence-electron chi connectivity index (χ2n) is 5.97. The van der Waals surface area contributed by atoms with Gasteiger partial charge in [-0.25, -0.2) is 0 Å². The van der Waals surface area contributed by atoms with Crippen molar-refractivity contribution in [1.82, 2.24) is 0 Å². The van der Waals surface area contributed by atoms with Gasteiger partial charge in [0, 0.05) is 22.2 Å². The summed E-state index contributed by atoms with van der Waals surface area (Å²) < 4.78 is 1.02. The molecule has 2 N–H and O–H groups in total. The highest BCUT2D eigenvalue weighted by molar-refractivity contribution is 9.10. The van der Waals surface area contributed by atoms with Gasteiger partial charge in [-0.3, -0.25) is 4.79 Å². The number of halogens is 1. The average molecular weight is 369 g/mol. The molecule has 1 unspecified atom stereocenters. The fourth-order valence-corrected chi connectivity index (χ4v) is 3.79. The van der Waals surface area contributed by atoms with Crippen LogP contribution in [-0.2, 0) is 4.79 Å². The number of carbonyl (C=O) groups is 1. The number of Topliss-reactive ketones (excluding diaryl/α,β-unsaturated/α-hetero) is 1. The summed E-state index contributed by atoms with van der Waals surface area (Å²) in [7, 11) is 0. The van der Waals surface area contributed by atoms with E-state index in [2.05, 4.69) is 50.8 Å². The SMILES string of the molecule is O=C1CCCC2=C1C(c1cccc(Br)c1)Nc1ccccc1N2. The molecule has 1 aliphatic heterocycles. The molecule has 3 nitrogen and oxygen atoms in total. The third-order valence-corrected chi connectivity index (χ3v) is 4.93. The molecule has 0 saturated carbocycles. The Balaban J connectivity index is 1.88. The van der Waals surface area contributed by atoms with Gasteiger partial charge in [-0.15, -0.1) is 0 Å². The number of nitrogens with one attached hydrogen (secondary N) is 2. The zero-order valence-electron chi connectivity index (χ0n) is 12.6. The van der Waals surface area contributed by atoms with Crippen molar-refractivity contribution in [3.05, 3.63) is 69.8 Å². The second-order valence-corrected chi connectivity index (χ2v) is 6.89. The molecule has 23 heavy (non-hydrogen) atoms. The molecule has 0 spiro atoms. The number of anilines is 2. The van der Waals surface area contributed by atoms with Gasteiger partial charge in [0.2, 0.25) is 0 Å². The minimum atomic E-state index is -0.119. The van der Waals surface area contributed by atoms with Crippen LogP contribution in [-0.4, -0.2) is 5.78 Å². The van der Waals surface area contributed by atoms with Crippen LogP contribution in [0.1, 0.15) is 30.9 Å². The number of hydrogen-bond donors (Lipinski definition) is 2. The summed E-state index contributed by atoms with van der Waals surface area (Å²) in [6, 6.07) is 16.2. The Bertz CT molecular complexity index is 813. The third-order valence-electron chi connectivity index (χ3n) is 4.44. The van der Waals surface area contributed by atoms with Gasteiger partial charge in [-0.2, -0.15) is 0 Å². The molecular weight excluding hydrogens is 352 g/mol. The minimum Gasteiger partial charge on any atom is -0.372 e. The summed E-state index contributed by atoms with van der Waals surface area (Å²) >= 11 is 3.54. The molecule has 1 aliphatic carbocycles. The van der Waals surface area contributed by atoms with Gasteiger partial charge < -0.3 is 10.6 Å². The first-order chi connectivity index (χ1) is 11.2. The standard InChI is InChI=1S/C19H17BrN2O/c20-13-6-3-5-12(11-13)19-18-16(9-4-10-17(18)23)21-14-7-1-2-8-15(14)22-19/h1-3,5-8,11,19,21-22H,4,9-10H2. The first-order valence-corrected chi connectivity index (χ1v) is 8.66. The zero-order chi connectivity index (χ0) is 15.8. The average Bonchev–Trinajstić information content (AvgIpc) is 2.72. The van der Waals surface area contributed by atoms with Crippen molar-refractivity contribution in [3.63, 3.8) is 0 Å². The number of para-hydroxylation sites is 2. The Morgan fingerprint density at radius 3 is 2.65 bits per heavy atom. The maximum atomic E-state index is 12.7. The number of ketones is 1. The van der Waals surface area contributed by atoms with Crippen LogP contribution in [0, 0.1) is 0 Å². The van der Waals surface area contributed by atoms with Crippen molar-refractivity contribution >= 4 is 33.1 Å². The van der Waals surface area contributed by atoms with Crippen LogP contribution >= 0.6 is 15.9 Å². The van der Waals surface area contributed by atoms with Crippen molar-refractivity contribution in [1.29, 1.82) is 0 Å². The Labute approximate surface area is 143 Å². The van der Waals surface area contributed by atoms with E-state index >= 15 is 0 Å². The molecule has 0 amide bonds. The molecule has 2 aromatic carbocycles. The van der Waals surface area contributed by atoms with Crippen LogP contribution in [0.3, 0.4) is 0 Å². The lowest BCUT2D eigenvalue weighted by molar-refractivity contribution is -0.116. The molecule has 2 aromatic rings. The molecule has 0 aromatic heterocycles. The lowest BCUT2D eigenvalue weighted by atomic mass is 9.87. The summed E-state index contributed by atoms with van der Waals surface area (Å²) in [5.74, 6) is 0.240. The van der Waals surface area contributed by atoms with Crippen LogP contribution < -0.4 is 10.6 Å². The van der Waals surface area contributed by atoms with Gasteiger partial charge in [0.1, 0.15) is 0 Å². The van der Waals surface area contributed by atoms with E-state index in [0.717, 1.165) is 45.5 Å². The van der Waals surface area contributed by atoms with Gasteiger partial charge >= 0.3 is 0 Å². The lowest BCUT2D eigenvalue weighted by Crippen LogP contribution is -2.23. The molecular formula is C19H17BrN2O. The second kappa shape index (κ2) is 5.85. The van der Waals surface area contributed by atoms with Crippen molar-refractivity contribution < 1.29 is 4.79 Å². The van der Waals surface area contributed by atoms with Gasteiger partial charge in [0.25, 0.3) is 0 Å². The number of benzene rings is 2. The zero-order valence-corrected chi connectivity index (χ0v) is 14.2. The molecule has 0 fully saturated rings. The molecule has 116 valence electrons. The van der Waals surface area contributed by atoms with E-state index in [1.807, 2.05) is 24.3 Å². The lowest BCUT2D eigenvalue weighted by Gasteiger charge is -2.25. The van der Waals surface area contributed by atoms with Crippen LogP contribution in [0.4, 0.5) is 11.4 Å². The van der Waals surface area contributed by atoms with E-state index < -0.39 is 0 Å². The van der Waals surface area contributed by atoms with E-state index in [1.165, 1.54) is 0 Å². The van der Waals surface area contributed by atoms with Crippen LogP contribution in [0.2, 0.25) is 0 Å². The van der Waals surface area contributed by atoms with Gasteiger partial charge in [-0.05, 0) is 42.7 Å². The van der Waals surface area contributed by atoms with Gasteiger partial charge in [0.15, 0.2) is 5.78 Å². The molecule has 1 atom stereocenters. The molecule has 0 radical (unpaired) electrons. The predicted octanol–water partition coefficient (Wildman–Crippen LogP) is 5.03. The molecule has 0 bridgehead atoms. The van der Waals surface area contributed by atoms with Gasteiger partial charge in [0.05, 0.1) is 17.4 Å². The summed E-state index contributed by atoms with van der Waals surface area (Å²) in [6.45, 7) is 0. The first-order valence-electron chi connectivity index (χ1n) is 7.86. The largest absolute Gasteiger partial charge is 0.372 e. The molecule has 4 rings (SSSR count). The summed E-state index contributed by atoms with van der Waals surface area (Å²) in [6.07, 6.45) is 2.46. The smallest absolute Gasteiger partial charge is 0.163 e. The van der Waals surface area contributed by atoms with E-state index in [1.54, 1.807) is 0 Å². The normalized spacial score (nSPS) is 20.0. The van der Waals surface area contributed by atoms with Crippen LogP contribution in [0.5, 0.6) is 0 Å². The number of rotatable bonds is 1. The highest BCUT2D eigenvalue weighted by Crippen LogP contribution is 2.40. The summed E-state index contributed by atoms with van der Waals surface area (Å²) in [5.41, 5.74) is 5.10. The van der Waals surface area contributed by atoms with Crippen LogP contribution in [0.25, 0.3) is 0 Å². The van der Waals surface area contributed by atoms with E-state index in [0.29, 0.717) is 6.42 Å². The Morgan fingerprint density at radius 2 is 1.83 bits per heavy atom. The third kappa shape index (κ3) is 2.68. The monoisotopic (exact) mass is 368 g/mol. The minimum absolute atomic E-state index is 0.119. The predicted molar refractivity (Wildman–Crippen MR) is 96.5 cm³/mol.